The molecule has 0 aromatic carbocycles. The summed E-state index contributed by atoms with van der Waals surface area (Å²) >= 11 is 0. The van der Waals surface area contributed by atoms with Crippen molar-refractivity contribution in [3.8, 4) is 0 Å². The molecule has 0 aliphatic heterocycles. The van der Waals surface area contributed by atoms with Gasteiger partial charge in [-0.15, -0.1) is 0 Å². The van der Waals surface area contributed by atoms with E-state index in [1.165, 1.54) is 21.3 Å². The number of hydrogen-bond donors (Lipinski definition) is 0. The fourth-order valence-electron chi connectivity index (χ4n) is 0.891. The standard InChI is InChI=1S/C6H14O4Si/c1-6(5-7)11(8-2,9-3)10-4/h5-6H,1-4H3. The average molecular weight is 178 g/mol. The molecule has 0 bridgehead atoms. The smallest absolute Gasteiger partial charge is 0.376 e. The van der Waals surface area contributed by atoms with E-state index in [1.807, 2.05) is 0 Å². The third kappa shape index (κ3) is 2.10. The lowest BCUT2D eigenvalue weighted by Gasteiger charge is -2.26. The molecular weight excluding hydrogens is 164 g/mol. The largest absolute Gasteiger partial charge is 0.510 e. The molecule has 0 N–H and O–H groups in total. The first-order valence-corrected chi connectivity index (χ1v) is 5.07. The van der Waals surface area contributed by atoms with Gasteiger partial charge in [0.15, 0.2) is 0 Å². The molecule has 0 aliphatic rings. The van der Waals surface area contributed by atoms with Crippen LogP contribution in [0, 0.1) is 0 Å². The second-order valence-corrected chi connectivity index (χ2v) is 5.48. The summed E-state index contributed by atoms with van der Waals surface area (Å²) in [4.78, 5) is 10.4. The minimum Gasteiger partial charge on any atom is -0.376 e. The highest BCUT2D eigenvalue weighted by Crippen LogP contribution is 2.20. The molecular formula is C6H14O4Si. The third-order valence-corrected chi connectivity index (χ3v) is 4.57. The highest BCUT2D eigenvalue weighted by molar-refractivity contribution is 6.65. The third-order valence-electron chi connectivity index (χ3n) is 1.62. The van der Waals surface area contributed by atoms with E-state index >= 15 is 0 Å². The van der Waals surface area contributed by atoms with E-state index in [0.717, 1.165) is 6.29 Å². The van der Waals surface area contributed by atoms with Crippen LogP contribution in [0.4, 0.5) is 0 Å². The lowest BCUT2D eigenvalue weighted by molar-refractivity contribution is -0.108. The highest BCUT2D eigenvalue weighted by Gasteiger charge is 2.44. The van der Waals surface area contributed by atoms with Gasteiger partial charge in [0.1, 0.15) is 6.29 Å². The molecule has 0 radical (unpaired) electrons. The molecule has 0 aromatic heterocycles. The summed E-state index contributed by atoms with van der Waals surface area (Å²) in [6.45, 7) is 1.72. The molecule has 0 aromatic rings. The van der Waals surface area contributed by atoms with Crippen LogP contribution in [0.5, 0.6) is 0 Å². The van der Waals surface area contributed by atoms with E-state index in [4.69, 9.17) is 13.3 Å². The van der Waals surface area contributed by atoms with Gasteiger partial charge in [-0.05, 0) is 0 Å². The Kier molecular flexibility index (Phi) is 4.51. The van der Waals surface area contributed by atoms with Gasteiger partial charge in [0, 0.05) is 21.3 Å². The van der Waals surface area contributed by atoms with Gasteiger partial charge in [-0.25, -0.2) is 0 Å². The lowest BCUT2D eigenvalue weighted by atomic mass is 10.5. The molecule has 66 valence electrons. The van der Waals surface area contributed by atoms with Crippen LogP contribution in [0.2, 0.25) is 5.54 Å². The van der Waals surface area contributed by atoms with Gasteiger partial charge in [0.2, 0.25) is 0 Å². The molecule has 0 heterocycles. The molecule has 11 heavy (non-hydrogen) atoms. The van der Waals surface area contributed by atoms with E-state index in [1.54, 1.807) is 6.92 Å². The van der Waals surface area contributed by atoms with E-state index < -0.39 is 8.80 Å². The predicted molar refractivity (Wildman–Crippen MR) is 42.3 cm³/mol. The molecule has 0 aliphatic carbocycles. The van der Waals surface area contributed by atoms with Gasteiger partial charge in [0.05, 0.1) is 5.54 Å². The highest BCUT2D eigenvalue weighted by atomic mass is 28.4. The van der Waals surface area contributed by atoms with Crippen molar-refractivity contribution in [3.63, 3.8) is 0 Å². The van der Waals surface area contributed by atoms with E-state index in [0.29, 0.717) is 0 Å². The SMILES string of the molecule is CO[Si](OC)(OC)C(C)C=O. The topological polar surface area (TPSA) is 44.8 Å². The Morgan fingerprint density at radius 1 is 1.18 bits per heavy atom. The minimum absolute atomic E-state index is 0.317. The second-order valence-electron chi connectivity index (χ2n) is 2.14. The number of rotatable bonds is 5. The molecule has 4 nitrogen and oxygen atoms in total. The van der Waals surface area contributed by atoms with E-state index in [2.05, 4.69) is 0 Å². The summed E-state index contributed by atoms with van der Waals surface area (Å²) in [6.07, 6.45) is 0.780. The number of aldehydes is 1. The van der Waals surface area contributed by atoms with Crippen LogP contribution in [0.15, 0.2) is 0 Å². The Labute approximate surface area is 67.8 Å². The Bertz CT molecular complexity index is 115. The second kappa shape index (κ2) is 4.61. The van der Waals surface area contributed by atoms with Crippen LogP contribution in [0.3, 0.4) is 0 Å². The van der Waals surface area contributed by atoms with Crippen LogP contribution in [0.25, 0.3) is 0 Å². The van der Waals surface area contributed by atoms with Crippen molar-refractivity contribution in [1.29, 1.82) is 0 Å². The van der Waals surface area contributed by atoms with Crippen LogP contribution in [0.1, 0.15) is 6.92 Å². The molecule has 1 atom stereocenters. The van der Waals surface area contributed by atoms with Crippen LogP contribution < -0.4 is 0 Å². The Balaban J connectivity index is 4.38. The molecule has 1 unspecified atom stereocenters. The van der Waals surface area contributed by atoms with Gasteiger partial charge >= 0.3 is 8.80 Å². The maximum absolute atomic E-state index is 10.4. The maximum Gasteiger partial charge on any atom is 0.510 e. The van der Waals surface area contributed by atoms with Gasteiger partial charge in [-0.3, -0.25) is 0 Å². The summed E-state index contributed by atoms with van der Waals surface area (Å²) in [5, 5.41) is 0. The molecule has 0 fully saturated rings. The Hall–Kier alpha value is -0.233. The van der Waals surface area contributed by atoms with Crippen LogP contribution >= 0.6 is 0 Å². The number of carbonyl (C=O) groups excluding carboxylic acids is 1. The van der Waals surface area contributed by atoms with Crippen molar-refractivity contribution in [1.82, 2.24) is 0 Å². The summed E-state index contributed by atoms with van der Waals surface area (Å²) in [6, 6.07) is 0. The predicted octanol–water partition coefficient (Wildman–Crippen LogP) is 0.453. The Morgan fingerprint density at radius 2 is 1.55 bits per heavy atom. The van der Waals surface area contributed by atoms with Gasteiger partial charge < -0.3 is 18.1 Å². The fourth-order valence-corrected chi connectivity index (χ4v) is 2.67. The number of carbonyl (C=O) groups is 1. The summed E-state index contributed by atoms with van der Waals surface area (Å²) in [5.74, 6) is 0. The van der Waals surface area contributed by atoms with Crippen molar-refractivity contribution < 1.29 is 18.1 Å². The van der Waals surface area contributed by atoms with Crippen molar-refractivity contribution >= 4 is 15.1 Å². The maximum atomic E-state index is 10.4. The van der Waals surface area contributed by atoms with Crippen molar-refractivity contribution in [2.45, 2.75) is 12.5 Å². The van der Waals surface area contributed by atoms with Crippen molar-refractivity contribution in [3.05, 3.63) is 0 Å². The van der Waals surface area contributed by atoms with Gasteiger partial charge in [0.25, 0.3) is 0 Å². The van der Waals surface area contributed by atoms with Crippen molar-refractivity contribution in [2.24, 2.45) is 0 Å². The molecule has 0 rings (SSSR count). The summed E-state index contributed by atoms with van der Waals surface area (Å²) < 4.78 is 15.2. The van der Waals surface area contributed by atoms with Crippen LogP contribution in [-0.4, -0.2) is 36.4 Å². The fraction of sp³-hybridized carbons (Fsp3) is 0.833. The van der Waals surface area contributed by atoms with Gasteiger partial charge in [-0.1, -0.05) is 6.92 Å². The molecule has 5 heteroatoms. The Morgan fingerprint density at radius 3 is 1.64 bits per heavy atom. The quantitative estimate of drug-likeness (QED) is 0.453. The minimum atomic E-state index is -2.69. The average Bonchev–Trinajstić information content (AvgIpc) is 2.08. The first kappa shape index (κ1) is 10.8. The monoisotopic (exact) mass is 178 g/mol. The number of hydrogen-bond acceptors (Lipinski definition) is 4. The normalized spacial score (nSPS) is 14.5. The van der Waals surface area contributed by atoms with E-state index in [9.17, 15) is 4.79 Å². The lowest BCUT2D eigenvalue weighted by Crippen LogP contribution is -2.47. The first-order chi connectivity index (χ1) is 5.16. The van der Waals surface area contributed by atoms with Crippen molar-refractivity contribution in [2.75, 3.05) is 21.3 Å². The summed E-state index contributed by atoms with van der Waals surface area (Å²) in [7, 11) is 1.77. The van der Waals surface area contributed by atoms with E-state index in [-0.39, 0.29) is 5.54 Å². The van der Waals surface area contributed by atoms with Crippen LogP contribution in [-0.2, 0) is 18.1 Å². The molecule has 0 saturated carbocycles. The first-order valence-electron chi connectivity index (χ1n) is 3.27. The molecule has 0 spiro atoms. The zero-order valence-electron chi connectivity index (χ0n) is 7.29. The van der Waals surface area contributed by atoms with Gasteiger partial charge in [-0.2, -0.15) is 0 Å². The zero-order chi connectivity index (χ0) is 8.91. The summed E-state index contributed by atoms with van der Waals surface area (Å²) in [5.41, 5.74) is -0.317. The molecule has 0 amide bonds. The molecule has 0 saturated heterocycles. The zero-order valence-corrected chi connectivity index (χ0v) is 8.29.